The average Bonchev–Trinajstić information content (AvgIpc) is 2.95. The van der Waals surface area contributed by atoms with E-state index >= 15 is 0 Å². The van der Waals surface area contributed by atoms with Crippen LogP contribution >= 0.6 is 11.6 Å². The van der Waals surface area contributed by atoms with Crippen molar-refractivity contribution in [3.63, 3.8) is 0 Å². The van der Waals surface area contributed by atoms with Crippen molar-refractivity contribution in [2.75, 3.05) is 18.4 Å². The lowest BCUT2D eigenvalue weighted by molar-refractivity contribution is -0.137. The van der Waals surface area contributed by atoms with Gasteiger partial charge in [-0.25, -0.2) is 4.68 Å². The van der Waals surface area contributed by atoms with E-state index in [0.29, 0.717) is 5.82 Å². The molecule has 26 heavy (non-hydrogen) atoms. The van der Waals surface area contributed by atoms with E-state index in [1.165, 1.54) is 4.68 Å². The summed E-state index contributed by atoms with van der Waals surface area (Å²) >= 11 is 5.85. The fraction of sp³-hybridized carbons (Fsp3) is 0.438. The molecule has 1 aliphatic rings. The average molecular weight is 388 g/mol. The maximum Gasteiger partial charge on any atom is 0.416 e. The molecule has 1 fully saturated rings. The van der Waals surface area contributed by atoms with Crippen molar-refractivity contribution >= 4 is 23.5 Å². The van der Waals surface area contributed by atoms with Gasteiger partial charge in [0.2, 0.25) is 5.95 Å². The van der Waals surface area contributed by atoms with Crippen molar-refractivity contribution in [3.8, 4) is 0 Å². The first-order valence-electron chi connectivity index (χ1n) is 8.05. The van der Waals surface area contributed by atoms with E-state index in [0.717, 1.165) is 44.1 Å². The summed E-state index contributed by atoms with van der Waals surface area (Å²) in [6.45, 7) is 1.76. The highest BCUT2D eigenvalue weighted by Gasteiger charge is 2.31. The van der Waals surface area contributed by atoms with E-state index in [1.807, 2.05) is 0 Å². The van der Waals surface area contributed by atoms with Crippen LogP contribution in [0.5, 0.6) is 0 Å². The molecule has 0 bridgehead atoms. The Bertz CT molecular complexity index is 815. The number of hydrogen-bond acceptors (Lipinski definition) is 4. The van der Waals surface area contributed by atoms with Gasteiger partial charge in [-0.1, -0.05) is 11.6 Å². The number of amides is 1. The van der Waals surface area contributed by atoms with Gasteiger partial charge < -0.3 is 5.32 Å². The van der Waals surface area contributed by atoms with Crippen LogP contribution in [0.4, 0.5) is 19.1 Å². The minimum Gasteiger partial charge on any atom is -0.317 e. The Kier molecular flexibility index (Phi) is 5.19. The van der Waals surface area contributed by atoms with Gasteiger partial charge >= 0.3 is 6.18 Å². The van der Waals surface area contributed by atoms with E-state index in [-0.39, 0.29) is 22.5 Å². The van der Waals surface area contributed by atoms with Crippen LogP contribution in [0.3, 0.4) is 0 Å². The number of halogens is 4. The molecule has 0 saturated carbocycles. The molecular weight excluding hydrogens is 371 g/mol. The summed E-state index contributed by atoms with van der Waals surface area (Å²) in [7, 11) is 1.64. The monoisotopic (exact) mass is 387 g/mol. The van der Waals surface area contributed by atoms with E-state index < -0.39 is 17.6 Å². The lowest BCUT2D eigenvalue weighted by Gasteiger charge is -2.19. The second-order valence-corrected chi connectivity index (χ2v) is 6.50. The highest BCUT2D eigenvalue weighted by molar-refractivity contribution is 6.34. The SMILES string of the molecule is Cn1nc(C2CCNCC2)nc1NC(=O)c1ccc(C(F)(F)F)cc1Cl. The zero-order chi connectivity index (χ0) is 18.9. The normalized spacial score (nSPS) is 15.9. The van der Waals surface area contributed by atoms with Crippen LogP contribution in [0.25, 0.3) is 0 Å². The Hall–Kier alpha value is -2.13. The molecule has 1 aliphatic heterocycles. The van der Waals surface area contributed by atoms with E-state index in [9.17, 15) is 18.0 Å². The van der Waals surface area contributed by atoms with E-state index in [4.69, 9.17) is 11.6 Å². The maximum absolute atomic E-state index is 12.7. The van der Waals surface area contributed by atoms with Gasteiger partial charge in [0.25, 0.3) is 5.91 Å². The molecule has 0 atom stereocenters. The standard InChI is InChI=1S/C16H17ClF3N5O/c1-25-15(22-13(24-25)9-4-6-21-7-5-9)23-14(26)11-3-2-10(8-12(11)17)16(18,19)20/h2-3,8-9,21H,4-7H2,1H3,(H,22,23,24,26). The van der Waals surface area contributed by atoms with Gasteiger partial charge in [-0.15, -0.1) is 0 Å². The van der Waals surface area contributed by atoms with Crippen molar-refractivity contribution < 1.29 is 18.0 Å². The van der Waals surface area contributed by atoms with Crippen molar-refractivity contribution in [1.82, 2.24) is 20.1 Å². The van der Waals surface area contributed by atoms with Crippen LogP contribution in [-0.2, 0) is 13.2 Å². The van der Waals surface area contributed by atoms with E-state index in [1.54, 1.807) is 7.05 Å². The Morgan fingerprint density at radius 3 is 2.65 bits per heavy atom. The number of alkyl halides is 3. The molecule has 10 heteroatoms. The van der Waals surface area contributed by atoms with Crippen LogP contribution in [0.1, 0.15) is 40.5 Å². The molecule has 2 aromatic rings. The smallest absolute Gasteiger partial charge is 0.317 e. The van der Waals surface area contributed by atoms with Gasteiger partial charge in [0.05, 0.1) is 16.1 Å². The minimum absolute atomic E-state index is 0.0638. The van der Waals surface area contributed by atoms with Crippen molar-refractivity contribution in [2.24, 2.45) is 7.05 Å². The summed E-state index contributed by atoms with van der Waals surface area (Å²) < 4.78 is 39.5. The van der Waals surface area contributed by atoms with Crippen LogP contribution in [0.15, 0.2) is 18.2 Å². The first kappa shape index (κ1) is 18.7. The molecule has 140 valence electrons. The number of piperidine rings is 1. The third-order valence-electron chi connectivity index (χ3n) is 4.25. The number of carbonyl (C=O) groups is 1. The second-order valence-electron chi connectivity index (χ2n) is 6.09. The van der Waals surface area contributed by atoms with Crippen molar-refractivity contribution in [1.29, 1.82) is 0 Å². The topological polar surface area (TPSA) is 71.8 Å². The molecule has 2 N–H and O–H groups in total. The molecule has 3 rings (SSSR count). The summed E-state index contributed by atoms with van der Waals surface area (Å²) in [5, 5.41) is 9.86. The number of rotatable bonds is 3. The highest BCUT2D eigenvalue weighted by atomic mass is 35.5. The minimum atomic E-state index is -4.52. The predicted molar refractivity (Wildman–Crippen MR) is 90.3 cm³/mol. The summed E-state index contributed by atoms with van der Waals surface area (Å²) in [6, 6.07) is 2.59. The van der Waals surface area contributed by atoms with Gasteiger partial charge in [0.1, 0.15) is 0 Å². The van der Waals surface area contributed by atoms with E-state index in [2.05, 4.69) is 20.7 Å². The fourth-order valence-electron chi connectivity index (χ4n) is 2.81. The lowest BCUT2D eigenvalue weighted by atomic mass is 9.98. The number of aryl methyl sites for hydroxylation is 1. The number of aromatic nitrogens is 3. The van der Waals surface area contributed by atoms with Gasteiger partial charge in [-0.2, -0.15) is 23.3 Å². The summed E-state index contributed by atoms with van der Waals surface area (Å²) in [6.07, 6.45) is -2.71. The zero-order valence-corrected chi connectivity index (χ0v) is 14.7. The lowest BCUT2D eigenvalue weighted by Crippen LogP contribution is -2.27. The number of nitrogens with one attached hydrogen (secondary N) is 2. The first-order valence-corrected chi connectivity index (χ1v) is 8.43. The van der Waals surface area contributed by atoms with Crippen LogP contribution in [0.2, 0.25) is 5.02 Å². The van der Waals surface area contributed by atoms with Gasteiger partial charge in [-0.3, -0.25) is 10.1 Å². The summed E-state index contributed by atoms with van der Waals surface area (Å²) in [4.78, 5) is 16.7. The Morgan fingerprint density at radius 1 is 1.35 bits per heavy atom. The van der Waals surface area contributed by atoms with Crippen LogP contribution in [-0.4, -0.2) is 33.8 Å². The third kappa shape index (κ3) is 3.99. The number of benzene rings is 1. The third-order valence-corrected chi connectivity index (χ3v) is 4.56. The Labute approximate surface area is 152 Å². The van der Waals surface area contributed by atoms with Gasteiger partial charge in [0.15, 0.2) is 5.82 Å². The zero-order valence-electron chi connectivity index (χ0n) is 13.9. The number of nitrogens with zero attached hydrogens (tertiary/aromatic N) is 3. The molecule has 0 unspecified atom stereocenters. The molecule has 1 aromatic carbocycles. The van der Waals surface area contributed by atoms with Gasteiger partial charge in [0, 0.05) is 13.0 Å². The van der Waals surface area contributed by atoms with Crippen molar-refractivity contribution in [3.05, 3.63) is 40.2 Å². The van der Waals surface area contributed by atoms with Crippen LogP contribution < -0.4 is 10.6 Å². The van der Waals surface area contributed by atoms with Gasteiger partial charge in [-0.05, 0) is 44.1 Å². The molecule has 1 aromatic heterocycles. The number of anilines is 1. The molecule has 1 amide bonds. The number of carbonyl (C=O) groups excluding carboxylic acids is 1. The second kappa shape index (κ2) is 7.24. The molecule has 0 aliphatic carbocycles. The number of hydrogen-bond donors (Lipinski definition) is 2. The molecule has 0 spiro atoms. The molecule has 2 heterocycles. The fourth-order valence-corrected chi connectivity index (χ4v) is 3.08. The summed E-state index contributed by atoms with van der Waals surface area (Å²) in [5.74, 6) is 0.432. The van der Waals surface area contributed by atoms with Crippen molar-refractivity contribution in [2.45, 2.75) is 24.9 Å². The molecular formula is C16H17ClF3N5O. The molecule has 1 saturated heterocycles. The highest BCUT2D eigenvalue weighted by Crippen LogP contribution is 2.32. The Morgan fingerprint density at radius 2 is 2.04 bits per heavy atom. The summed E-state index contributed by atoms with van der Waals surface area (Å²) in [5.41, 5.74) is -0.975. The molecule has 0 radical (unpaired) electrons. The quantitative estimate of drug-likeness (QED) is 0.848. The maximum atomic E-state index is 12.7. The largest absolute Gasteiger partial charge is 0.416 e. The molecule has 6 nitrogen and oxygen atoms in total. The first-order chi connectivity index (χ1) is 12.3. The Balaban J connectivity index is 1.77. The predicted octanol–water partition coefficient (Wildman–Crippen LogP) is 3.21. The van der Waals surface area contributed by atoms with Crippen LogP contribution in [0, 0.1) is 0 Å².